The molecule has 0 aliphatic heterocycles. The van der Waals surface area contributed by atoms with E-state index < -0.39 is 0 Å². The second-order valence-corrected chi connectivity index (χ2v) is 6.03. The molecular formula is C15H17N2OS+. The van der Waals surface area contributed by atoms with Crippen LogP contribution < -0.4 is 9.49 Å². The lowest BCUT2D eigenvalue weighted by Gasteiger charge is -2.04. The van der Waals surface area contributed by atoms with Crippen molar-refractivity contribution in [2.75, 3.05) is 5.43 Å². The zero-order chi connectivity index (χ0) is 13.2. The number of nitrogens with one attached hydrogen (secondary N) is 1. The third-order valence-electron chi connectivity index (χ3n) is 3.54. The Bertz CT molecular complexity index is 595. The monoisotopic (exact) mass is 273 g/mol. The highest BCUT2D eigenvalue weighted by Crippen LogP contribution is 2.22. The Kier molecular flexibility index (Phi) is 3.34. The van der Waals surface area contributed by atoms with Gasteiger partial charge in [0.25, 0.3) is 0 Å². The number of rotatable bonds is 2. The van der Waals surface area contributed by atoms with Gasteiger partial charge in [0, 0.05) is 11.1 Å². The van der Waals surface area contributed by atoms with Crippen LogP contribution in [0.1, 0.15) is 39.2 Å². The van der Waals surface area contributed by atoms with Gasteiger partial charge in [-0.2, -0.15) is 0 Å². The molecule has 0 saturated carbocycles. The van der Waals surface area contributed by atoms with Crippen molar-refractivity contribution in [3.8, 4) is 0 Å². The summed E-state index contributed by atoms with van der Waals surface area (Å²) in [5, 5.41) is 0. The molecule has 4 heteroatoms. The molecule has 1 aromatic heterocycles. The molecule has 0 bridgehead atoms. The minimum Gasteiger partial charge on any atom is -0.263 e. The van der Waals surface area contributed by atoms with E-state index in [0.29, 0.717) is 0 Å². The van der Waals surface area contributed by atoms with Gasteiger partial charge in [-0.1, -0.05) is 18.2 Å². The third kappa shape index (κ3) is 2.54. The predicted molar refractivity (Wildman–Crippen MR) is 76.0 cm³/mol. The number of carbonyl (C=O) groups is 1. The summed E-state index contributed by atoms with van der Waals surface area (Å²) in [5.74, 6) is -0.0401. The number of carbonyl (C=O) groups excluding carboxylic acids is 1. The first kappa shape index (κ1) is 12.4. The van der Waals surface area contributed by atoms with Crippen molar-refractivity contribution in [3.63, 3.8) is 0 Å². The molecule has 2 aromatic rings. The zero-order valence-electron chi connectivity index (χ0n) is 11.0. The fourth-order valence-electron chi connectivity index (χ4n) is 2.47. The molecule has 1 heterocycles. The molecule has 1 aromatic carbocycles. The van der Waals surface area contributed by atoms with E-state index in [2.05, 4.69) is 11.6 Å². The van der Waals surface area contributed by atoms with Gasteiger partial charge < -0.3 is 0 Å². The number of fused-ring (bicyclic) bond motifs is 1. The molecule has 0 fully saturated rings. The van der Waals surface area contributed by atoms with Gasteiger partial charge in [-0.25, -0.2) is 0 Å². The van der Waals surface area contributed by atoms with Crippen LogP contribution in [-0.2, 0) is 12.8 Å². The maximum atomic E-state index is 12.2. The van der Waals surface area contributed by atoms with E-state index in [0.717, 1.165) is 24.0 Å². The van der Waals surface area contributed by atoms with Crippen molar-refractivity contribution in [3.05, 3.63) is 52.0 Å². The second kappa shape index (κ2) is 5.13. The van der Waals surface area contributed by atoms with Crippen molar-refractivity contribution in [2.24, 2.45) is 0 Å². The summed E-state index contributed by atoms with van der Waals surface area (Å²) < 4.78 is 1.85. The molecule has 0 atom stereocenters. The predicted octanol–water partition coefficient (Wildman–Crippen LogP) is 2.61. The Morgan fingerprint density at radius 1 is 1.26 bits per heavy atom. The summed E-state index contributed by atoms with van der Waals surface area (Å²) in [6.45, 7) is 1.96. The van der Waals surface area contributed by atoms with Gasteiger partial charge in [-0.3, -0.25) is 4.79 Å². The van der Waals surface area contributed by atoms with Crippen LogP contribution in [0.2, 0.25) is 0 Å². The summed E-state index contributed by atoms with van der Waals surface area (Å²) in [6.07, 6.45) is 6.87. The molecule has 3 rings (SSSR count). The average molecular weight is 273 g/mol. The van der Waals surface area contributed by atoms with Crippen molar-refractivity contribution in [2.45, 2.75) is 32.6 Å². The van der Waals surface area contributed by atoms with E-state index in [1.54, 1.807) is 11.5 Å². The first-order valence-corrected chi connectivity index (χ1v) is 7.42. The lowest BCUT2D eigenvalue weighted by molar-refractivity contribution is -0.569. The van der Waals surface area contributed by atoms with Gasteiger partial charge in [-0.05, 0) is 48.3 Å². The number of aryl methyl sites for hydroxylation is 3. The lowest BCUT2D eigenvalue weighted by Crippen LogP contribution is -2.44. The lowest BCUT2D eigenvalue weighted by atomic mass is 10.0. The highest BCUT2D eigenvalue weighted by molar-refractivity contribution is 7.02. The number of hydrogen-bond acceptors (Lipinski definition) is 2. The van der Waals surface area contributed by atoms with Crippen LogP contribution >= 0.6 is 11.5 Å². The Morgan fingerprint density at radius 2 is 2.05 bits per heavy atom. The van der Waals surface area contributed by atoms with Crippen LogP contribution in [0, 0.1) is 6.92 Å². The van der Waals surface area contributed by atoms with E-state index in [9.17, 15) is 4.79 Å². The van der Waals surface area contributed by atoms with Gasteiger partial charge in [-0.15, -0.1) is 5.43 Å². The Hall–Kier alpha value is -1.68. The van der Waals surface area contributed by atoms with E-state index in [-0.39, 0.29) is 5.91 Å². The van der Waals surface area contributed by atoms with Gasteiger partial charge >= 0.3 is 5.91 Å². The van der Waals surface area contributed by atoms with Crippen LogP contribution in [0.5, 0.6) is 0 Å². The second-order valence-electron chi connectivity index (χ2n) is 4.96. The molecule has 98 valence electrons. The van der Waals surface area contributed by atoms with Crippen molar-refractivity contribution in [1.29, 1.82) is 0 Å². The Morgan fingerprint density at radius 3 is 2.84 bits per heavy atom. The van der Waals surface area contributed by atoms with Crippen LogP contribution in [0.15, 0.2) is 30.5 Å². The molecule has 1 amide bonds. The van der Waals surface area contributed by atoms with Gasteiger partial charge in [0.1, 0.15) is 0 Å². The first-order valence-electron chi connectivity index (χ1n) is 6.65. The average Bonchev–Trinajstić information content (AvgIpc) is 2.81. The highest BCUT2D eigenvalue weighted by Gasteiger charge is 2.22. The fourth-order valence-corrected chi connectivity index (χ4v) is 3.53. The normalized spacial score (nSPS) is 13.9. The third-order valence-corrected chi connectivity index (χ3v) is 4.62. The molecular weight excluding hydrogens is 256 g/mol. The number of nitrogens with zero attached hydrogens (tertiary/aromatic N) is 1. The number of amides is 1. The summed E-state index contributed by atoms with van der Waals surface area (Å²) in [7, 11) is 0. The van der Waals surface area contributed by atoms with Crippen LogP contribution in [0.4, 0.5) is 0 Å². The summed E-state index contributed by atoms with van der Waals surface area (Å²) in [6, 6.07) is 7.66. The van der Waals surface area contributed by atoms with Gasteiger partial charge in [0.2, 0.25) is 6.20 Å². The van der Waals surface area contributed by atoms with E-state index >= 15 is 0 Å². The topological polar surface area (TPSA) is 33.0 Å². The van der Waals surface area contributed by atoms with Crippen molar-refractivity contribution >= 4 is 17.4 Å². The molecule has 1 N–H and O–H groups in total. The Labute approximate surface area is 117 Å². The maximum absolute atomic E-state index is 12.2. The number of aromatic nitrogens is 1. The summed E-state index contributed by atoms with van der Waals surface area (Å²) >= 11 is 1.65. The minimum absolute atomic E-state index is 0.0401. The summed E-state index contributed by atoms with van der Waals surface area (Å²) in [4.78, 5) is 13.6. The summed E-state index contributed by atoms with van der Waals surface area (Å²) in [5.41, 5.74) is 6.08. The van der Waals surface area contributed by atoms with Crippen LogP contribution in [0.25, 0.3) is 0 Å². The molecule has 0 radical (unpaired) electrons. The van der Waals surface area contributed by atoms with Crippen molar-refractivity contribution < 1.29 is 8.86 Å². The molecule has 19 heavy (non-hydrogen) atoms. The van der Waals surface area contributed by atoms with Crippen LogP contribution in [0.3, 0.4) is 0 Å². The minimum atomic E-state index is -0.0401. The highest BCUT2D eigenvalue weighted by atomic mass is 32.1. The van der Waals surface area contributed by atoms with E-state index in [1.807, 2.05) is 35.3 Å². The molecule has 3 nitrogen and oxygen atoms in total. The van der Waals surface area contributed by atoms with E-state index in [4.69, 9.17) is 0 Å². The quantitative estimate of drug-likeness (QED) is 0.838. The largest absolute Gasteiger partial charge is 0.306 e. The molecule has 0 unspecified atom stereocenters. The number of benzene rings is 1. The first-order chi connectivity index (χ1) is 9.24. The van der Waals surface area contributed by atoms with Gasteiger partial charge in [0.05, 0.1) is 4.88 Å². The zero-order valence-corrected chi connectivity index (χ0v) is 11.8. The molecule has 1 aliphatic carbocycles. The SMILES string of the molecule is Cc1ccccc1C(=O)N[n+]1cc2c(s1)CCCC2. The molecule has 0 spiro atoms. The van der Waals surface area contributed by atoms with Crippen LogP contribution in [-0.4, -0.2) is 5.91 Å². The smallest absolute Gasteiger partial charge is 0.263 e. The molecule has 0 saturated heterocycles. The molecule has 1 aliphatic rings. The van der Waals surface area contributed by atoms with Gasteiger partial charge in [0.15, 0.2) is 11.5 Å². The van der Waals surface area contributed by atoms with E-state index in [1.165, 1.54) is 23.3 Å². The maximum Gasteiger partial charge on any atom is 0.306 e. The Balaban J connectivity index is 1.80. The van der Waals surface area contributed by atoms with Crippen molar-refractivity contribution in [1.82, 2.24) is 0 Å². The standard InChI is InChI=1S/C15H16N2OS/c1-11-6-2-4-8-13(11)15(18)16-17-10-12-7-3-5-9-14(12)19-17/h2,4,6,8,10H,3,5,7,9H2,1H3/p+1. The fraction of sp³-hybridized carbons (Fsp3) is 0.333. The number of hydrogen-bond donors (Lipinski definition) is 1.